The summed E-state index contributed by atoms with van der Waals surface area (Å²) in [7, 11) is 0. The van der Waals surface area contributed by atoms with Crippen LogP contribution in [0.4, 0.5) is 10.3 Å². The molecular formula is C27H30FN3O4. The van der Waals surface area contributed by atoms with Gasteiger partial charge in [-0.2, -0.15) is 0 Å². The van der Waals surface area contributed by atoms with E-state index < -0.39 is 0 Å². The van der Waals surface area contributed by atoms with Crippen LogP contribution < -0.4 is 4.90 Å². The zero-order chi connectivity index (χ0) is 24.2. The number of ether oxygens (including phenoxy) is 2. The van der Waals surface area contributed by atoms with E-state index in [-0.39, 0.29) is 17.8 Å². The molecule has 2 aromatic carbocycles. The van der Waals surface area contributed by atoms with Gasteiger partial charge in [0.2, 0.25) is 5.88 Å². The van der Waals surface area contributed by atoms with Gasteiger partial charge in [-0.1, -0.05) is 28.9 Å². The fraction of sp³-hybridized carbons (Fsp3) is 0.407. The van der Waals surface area contributed by atoms with E-state index in [0.29, 0.717) is 57.4 Å². The molecule has 1 atom stereocenters. The molecule has 1 aromatic heterocycles. The summed E-state index contributed by atoms with van der Waals surface area (Å²) in [6, 6.07) is 13.8. The molecule has 0 spiro atoms. The van der Waals surface area contributed by atoms with Crippen LogP contribution in [0.2, 0.25) is 0 Å². The first-order valence-electron chi connectivity index (χ1n) is 12.1. The van der Waals surface area contributed by atoms with Crippen molar-refractivity contribution in [3.05, 3.63) is 71.0 Å². The Labute approximate surface area is 204 Å². The highest BCUT2D eigenvalue weighted by atomic mass is 19.1. The van der Waals surface area contributed by atoms with E-state index in [1.54, 1.807) is 4.90 Å². The topological polar surface area (TPSA) is 68.0 Å². The van der Waals surface area contributed by atoms with Crippen LogP contribution in [0.1, 0.15) is 34.3 Å². The van der Waals surface area contributed by atoms with Gasteiger partial charge in [0.25, 0.3) is 5.91 Å². The molecule has 8 heteroatoms. The predicted octanol–water partition coefficient (Wildman–Crippen LogP) is 4.45. The van der Waals surface area contributed by atoms with Crippen LogP contribution in [0, 0.1) is 12.7 Å². The molecule has 2 aliphatic heterocycles. The van der Waals surface area contributed by atoms with Gasteiger partial charge in [-0.15, -0.1) is 0 Å². The van der Waals surface area contributed by atoms with Gasteiger partial charge in [0.1, 0.15) is 11.5 Å². The van der Waals surface area contributed by atoms with E-state index in [9.17, 15) is 9.18 Å². The Morgan fingerprint density at radius 2 is 1.94 bits per heavy atom. The number of aromatic nitrogens is 1. The summed E-state index contributed by atoms with van der Waals surface area (Å²) in [6.45, 7) is 6.06. The first-order chi connectivity index (χ1) is 17.1. The molecular weight excluding hydrogens is 449 g/mol. The smallest absolute Gasteiger partial charge is 0.254 e. The second-order valence-corrected chi connectivity index (χ2v) is 9.11. The summed E-state index contributed by atoms with van der Waals surface area (Å²) in [5, 5.41) is 4.45. The Morgan fingerprint density at radius 3 is 2.66 bits per heavy atom. The van der Waals surface area contributed by atoms with E-state index in [4.69, 9.17) is 14.0 Å². The Balaban J connectivity index is 1.52. The molecule has 2 saturated heterocycles. The zero-order valence-electron chi connectivity index (χ0n) is 19.9. The summed E-state index contributed by atoms with van der Waals surface area (Å²) in [4.78, 5) is 17.5. The van der Waals surface area contributed by atoms with Crippen LogP contribution >= 0.6 is 0 Å². The second kappa shape index (κ2) is 10.6. The predicted molar refractivity (Wildman–Crippen MR) is 130 cm³/mol. The molecule has 0 saturated carbocycles. The van der Waals surface area contributed by atoms with Crippen molar-refractivity contribution in [2.75, 3.05) is 44.4 Å². The lowest BCUT2D eigenvalue weighted by molar-refractivity contribution is 0.0507. The number of benzene rings is 2. The minimum Gasteiger partial charge on any atom is -0.378 e. The monoisotopic (exact) mass is 479 g/mol. The highest BCUT2D eigenvalue weighted by Crippen LogP contribution is 2.34. The number of nitrogens with zero attached hydrogens (tertiary/aromatic N) is 3. The fourth-order valence-corrected chi connectivity index (χ4v) is 4.70. The van der Waals surface area contributed by atoms with Gasteiger partial charge in [0, 0.05) is 37.4 Å². The van der Waals surface area contributed by atoms with Crippen LogP contribution in [0.5, 0.6) is 0 Å². The quantitative estimate of drug-likeness (QED) is 0.499. The summed E-state index contributed by atoms with van der Waals surface area (Å²) in [5.74, 6) is 0.112. The van der Waals surface area contributed by atoms with Crippen molar-refractivity contribution in [2.24, 2.45) is 0 Å². The minimum absolute atomic E-state index is 0.0338. The lowest BCUT2D eigenvalue weighted by Gasteiger charge is -2.29. The molecule has 0 N–H and O–H groups in total. The molecule has 3 aromatic rings. The van der Waals surface area contributed by atoms with Crippen molar-refractivity contribution in [3.8, 4) is 11.3 Å². The van der Waals surface area contributed by atoms with E-state index in [1.807, 2.05) is 25.1 Å². The Bertz CT molecular complexity index is 1150. The van der Waals surface area contributed by atoms with Gasteiger partial charge in [0.05, 0.1) is 31.4 Å². The van der Waals surface area contributed by atoms with E-state index >= 15 is 0 Å². The molecule has 0 radical (unpaired) electrons. The Hall–Kier alpha value is -3.23. The third kappa shape index (κ3) is 5.39. The van der Waals surface area contributed by atoms with Crippen LogP contribution in [-0.2, 0) is 16.0 Å². The van der Waals surface area contributed by atoms with Crippen molar-refractivity contribution >= 4 is 11.8 Å². The molecule has 2 fully saturated rings. The number of morpholine rings is 1. The number of rotatable bonds is 7. The van der Waals surface area contributed by atoms with Gasteiger partial charge in [0.15, 0.2) is 0 Å². The number of amides is 1. The highest BCUT2D eigenvalue weighted by molar-refractivity contribution is 5.94. The number of anilines is 1. The summed E-state index contributed by atoms with van der Waals surface area (Å²) in [5.41, 5.74) is 4.06. The summed E-state index contributed by atoms with van der Waals surface area (Å²) >= 11 is 0. The molecule has 184 valence electrons. The van der Waals surface area contributed by atoms with Gasteiger partial charge < -0.3 is 23.8 Å². The van der Waals surface area contributed by atoms with E-state index in [0.717, 1.165) is 35.2 Å². The molecule has 7 nitrogen and oxygen atoms in total. The van der Waals surface area contributed by atoms with Crippen LogP contribution in [-0.4, -0.2) is 61.5 Å². The molecule has 35 heavy (non-hydrogen) atoms. The highest BCUT2D eigenvalue weighted by Gasteiger charge is 2.30. The fourth-order valence-electron chi connectivity index (χ4n) is 4.70. The van der Waals surface area contributed by atoms with Crippen molar-refractivity contribution in [1.82, 2.24) is 10.1 Å². The van der Waals surface area contributed by atoms with Crippen molar-refractivity contribution in [2.45, 2.75) is 32.4 Å². The SMILES string of the molecule is Cc1cccc(-c2noc(N3CCOCC3)c2CN(C[C@H]2CCCO2)C(=O)c2ccc(F)cc2)c1. The van der Waals surface area contributed by atoms with Crippen molar-refractivity contribution in [3.63, 3.8) is 0 Å². The number of carbonyl (C=O) groups excluding carboxylic acids is 1. The molecule has 1 amide bonds. The minimum atomic E-state index is -0.373. The molecule has 0 unspecified atom stereocenters. The van der Waals surface area contributed by atoms with Gasteiger partial charge >= 0.3 is 0 Å². The van der Waals surface area contributed by atoms with E-state index in [2.05, 4.69) is 16.1 Å². The molecule has 0 aliphatic carbocycles. The lowest BCUT2D eigenvalue weighted by Crippen LogP contribution is -2.39. The first-order valence-corrected chi connectivity index (χ1v) is 12.1. The average Bonchev–Trinajstić information content (AvgIpc) is 3.54. The molecule has 0 bridgehead atoms. The standard InChI is InChI=1S/C27H30FN3O4/c1-19-4-2-5-21(16-19)25-24(27(35-29-25)30-11-14-33-15-12-30)18-31(17-23-6-3-13-34-23)26(32)20-7-9-22(28)10-8-20/h2,4-5,7-10,16,23H,3,6,11-15,17-18H2,1H3/t23-/m1/s1. The van der Waals surface area contributed by atoms with Crippen LogP contribution in [0.3, 0.4) is 0 Å². The third-order valence-corrected chi connectivity index (χ3v) is 6.53. The lowest BCUT2D eigenvalue weighted by atomic mass is 10.0. The Kier molecular flexibility index (Phi) is 7.11. The van der Waals surface area contributed by atoms with E-state index in [1.165, 1.54) is 24.3 Å². The second-order valence-electron chi connectivity index (χ2n) is 9.11. The maximum absolute atomic E-state index is 13.6. The maximum atomic E-state index is 13.6. The molecule has 5 rings (SSSR count). The zero-order valence-corrected chi connectivity index (χ0v) is 19.9. The van der Waals surface area contributed by atoms with Gasteiger partial charge in [-0.25, -0.2) is 4.39 Å². The largest absolute Gasteiger partial charge is 0.378 e. The average molecular weight is 480 g/mol. The van der Waals surface area contributed by atoms with Crippen molar-refractivity contribution < 1.29 is 23.2 Å². The summed E-state index contributed by atoms with van der Waals surface area (Å²) < 4.78 is 30.8. The number of hydrogen-bond acceptors (Lipinski definition) is 6. The number of hydrogen-bond donors (Lipinski definition) is 0. The van der Waals surface area contributed by atoms with Crippen LogP contribution in [0.15, 0.2) is 53.1 Å². The normalized spacial score (nSPS) is 18.1. The number of halogens is 1. The van der Waals surface area contributed by atoms with Crippen LogP contribution in [0.25, 0.3) is 11.3 Å². The molecule has 2 aliphatic rings. The maximum Gasteiger partial charge on any atom is 0.254 e. The third-order valence-electron chi connectivity index (χ3n) is 6.53. The number of carbonyl (C=O) groups is 1. The molecule has 3 heterocycles. The first kappa shape index (κ1) is 23.5. The Morgan fingerprint density at radius 1 is 1.14 bits per heavy atom. The van der Waals surface area contributed by atoms with Crippen molar-refractivity contribution in [1.29, 1.82) is 0 Å². The number of aryl methyl sites for hydroxylation is 1. The summed E-state index contributed by atoms with van der Waals surface area (Å²) in [6.07, 6.45) is 1.84. The van der Waals surface area contributed by atoms with Gasteiger partial charge in [-0.3, -0.25) is 4.79 Å². The van der Waals surface area contributed by atoms with Gasteiger partial charge in [-0.05, 0) is 50.1 Å².